The molecular weight excluding hydrogens is 781 g/mol. The SMILES string of the molecule is CCC(C(=O)NC(Cc1ccc(O)cc1)C(=O)NCC(=O)NC(CCCCN)C(=O)NC(C=O)C(C)O)N(C)C(=O)C(Cc1ccccc1)NC.Cc1c[nH]c2ccccc12. The van der Waals surface area contributed by atoms with Crippen LogP contribution in [0.2, 0.25) is 0 Å². The van der Waals surface area contributed by atoms with Crippen molar-refractivity contribution >= 4 is 46.7 Å². The molecule has 6 unspecified atom stereocenters. The maximum atomic E-state index is 13.7. The highest BCUT2D eigenvalue weighted by molar-refractivity contribution is 5.95. The number of amides is 5. The molecule has 16 nitrogen and oxygen atoms in total. The average molecular weight is 843 g/mol. The van der Waals surface area contributed by atoms with E-state index in [1.807, 2.05) is 42.6 Å². The van der Waals surface area contributed by atoms with Crippen LogP contribution in [0.5, 0.6) is 5.75 Å². The number of aliphatic hydroxyl groups excluding tert-OH is 1. The van der Waals surface area contributed by atoms with Crippen LogP contribution in [0.25, 0.3) is 10.9 Å². The lowest BCUT2D eigenvalue weighted by Gasteiger charge is -2.31. The molecule has 6 atom stereocenters. The summed E-state index contributed by atoms with van der Waals surface area (Å²) in [5.41, 5.74) is 9.65. The highest BCUT2D eigenvalue weighted by atomic mass is 16.3. The fourth-order valence-electron chi connectivity index (χ4n) is 6.59. The number of phenolic OH excluding ortho intramolecular Hbond substituents is 1. The molecule has 4 rings (SSSR count). The van der Waals surface area contributed by atoms with E-state index in [0.717, 1.165) is 5.56 Å². The number of rotatable bonds is 22. The molecule has 3 aromatic carbocycles. The Balaban J connectivity index is 0.000000853. The van der Waals surface area contributed by atoms with Gasteiger partial charge in [0.15, 0.2) is 0 Å². The second kappa shape index (κ2) is 25.5. The van der Waals surface area contributed by atoms with E-state index in [1.54, 1.807) is 26.1 Å². The number of hydrogen-bond acceptors (Lipinski definition) is 10. The summed E-state index contributed by atoms with van der Waals surface area (Å²) in [6.07, 6.45) is 3.17. The zero-order valence-corrected chi connectivity index (χ0v) is 35.6. The Hall–Kier alpha value is -6.10. The third-order valence-corrected chi connectivity index (χ3v) is 10.2. The quantitative estimate of drug-likeness (QED) is 0.0410. The number of carbonyl (C=O) groups excluding carboxylic acids is 6. The number of hydrogen-bond donors (Lipinski definition) is 9. The van der Waals surface area contributed by atoms with Crippen molar-refractivity contribution in [2.45, 2.75) is 95.6 Å². The van der Waals surface area contributed by atoms with Gasteiger partial charge in [-0.3, -0.25) is 24.0 Å². The van der Waals surface area contributed by atoms with E-state index in [-0.39, 0.29) is 30.9 Å². The van der Waals surface area contributed by atoms with E-state index >= 15 is 0 Å². The summed E-state index contributed by atoms with van der Waals surface area (Å²) in [6, 6.07) is 18.9. The number of aryl methyl sites for hydroxylation is 1. The number of fused-ring (bicyclic) bond motifs is 1. The second-order valence-electron chi connectivity index (χ2n) is 14.9. The molecule has 0 saturated heterocycles. The van der Waals surface area contributed by atoms with Crippen LogP contribution in [0.3, 0.4) is 0 Å². The molecule has 1 aromatic heterocycles. The Kier molecular flexibility index (Phi) is 20.6. The standard InChI is InChI=1S/C36H53N7O8.C9H9N/c1-5-31(43(4)36(51)29(38-3)20-24-11-7-6-8-12-24)35(50)41-28(19-25-14-16-26(46)17-15-25)33(48)39-21-32(47)40-27(13-9-10-18-37)34(49)42-30(22-44)23(2)45;1-7-6-10-9-5-3-2-4-8(7)9/h6-8,11-12,14-17,22-23,27-31,38,45-46H,5,9-10,13,18-21,37H2,1-4H3,(H,39,48)(H,40,47)(H,41,50)(H,42,49);2-6,10H,1H3. The maximum absolute atomic E-state index is 13.7. The van der Waals surface area contributed by atoms with Gasteiger partial charge in [-0.15, -0.1) is 0 Å². The normalized spacial score (nSPS) is 13.8. The van der Waals surface area contributed by atoms with Crippen LogP contribution in [-0.2, 0) is 41.6 Å². The molecule has 0 aliphatic heterocycles. The number of likely N-dealkylation sites (N-methyl/N-ethyl adjacent to an activating group) is 2. The lowest BCUT2D eigenvalue weighted by Crippen LogP contribution is -2.58. The molecule has 0 saturated carbocycles. The molecule has 0 bridgehead atoms. The number of aromatic nitrogens is 1. The monoisotopic (exact) mass is 842 g/mol. The number of phenols is 1. The number of nitrogens with zero attached hydrogens (tertiary/aromatic N) is 1. The fraction of sp³-hybridized carbons (Fsp3) is 0.422. The topological polar surface area (TPSA) is 248 Å². The minimum atomic E-state index is -1.18. The Labute approximate surface area is 357 Å². The molecule has 4 aromatic rings. The van der Waals surface area contributed by atoms with Crippen molar-refractivity contribution in [1.29, 1.82) is 0 Å². The lowest BCUT2D eigenvalue weighted by molar-refractivity contribution is -0.141. The van der Waals surface area contributed by atoms with Crippen LogP contribution in [0, 0.1) is 6.92 Å². The van der Waals surface area contributed by atoms with Crippen LogP contribution < -0.4 is 32.3 Å². The van der Waals surface area contributed by atoms with Gasteiger partial charge >= 0.3 is 0 Å². The average Bonchev–Trinajstić information content (AvgIpc) is 3.64. The van der Waals surface area contributed by atoms with Crippen LogP contribution in [0.15, 0.2) is 85.1 Å². The maximum Gasteiger partial charge on any atom is 0.243 e. The number of H-pyrrole nitrogens is 1. The van der Waals surface area contributed by atoms with Crippen LogP contribution in [-0.4, -0.2) is 119 Å². The number of aromatic amines is 1. The number of aromatic hydroxyl groups is 1. The molecule has 0 aliphatic rings. The first kappa shape index (κ1) is 49.3. The van der Waals surface area contributed by atoms with Gasteiger partial charge in [-0.25, -0.2) is 0 Å². The second-order valence-corrected chi connectivity index (χ2v) is 14.9. The third-order valence-electron chi connectivity index (χ3n) is 10.2. The number of nitrogens with one attached hydrogen (secondary N) is 6. The number of unbranched alkanes of at least 4 members (excludes halogenated alkanes) is 1. The molecule has 16 heteroatoms. The van der Waals surface area contributed by atoms with Gasteiger partial charge in [0.25, 0.3) is 0 Å². The van der Waals surface area contributed by atoms with Gasteiger partial charge in [0.2, 0.25) is 29.5 Å². The largest absolute Gasteiger partial charge is 0.508 e. The summed E-state index contributed by atoms with van der Waals surface area (Å²) in [6.45, 7) is 5.02. The minimum Gasteiger partial charge on any atom is -0.508 e. The summed E-state index contributed by atoms with van der Waals surface area (Å²) < 4.78 is 0. The molecule has 330 valence electrons. The van der Waals surface area contributed by atoms with Crippen molar-refractivity contribution in [3.63, 3.8) is 0 Å². The molecular formula is C45H62N8O8. The predicted molar refractivity (Wildman–Crippen MR) is 234 cm³/mol. The van der Waals surface area contributed by atoms with E-state index in [9.17, 15) is 39.0 Å². The van der Waals surface area contributed by atoms with Gasteiger partial charge < -0.3 is 57.2 Å². The molecule has 5 amide bonds. The Morgan fingerprint density at radius 2 is 1.46 bits per heavy atom. The highest BCUT2D eigenvalue weighted by Gasteiger charge is 2.33. The zero-order chi connectivity index (χ0) is 44.9. The first-order valence-electron chi connectivity index (χ1n) is 20.5. The smallest absolute Gasteiger partial charge is 0.243 e. The highest BCUT2D eigenvalue weighted by Crippen LogP contribution is 2.16. The number of aliphatic hydroxyl groups is 1. The van der Waals surface area contributed by atoms with Crippen molar-refractivity contribution in [3.8, 4) is 5.75 Å². The number of nitrogens with two attached hydrogens (primary N) is 1. The van der Waals surface area contributed by atoms with Gasteiger partial charge in [0.05, 0.1) is 18.7 Å². The molecule has 61 heavy (non-hydrogen) atoms. The van der Waals surface area contributed by atoms with E-state index in [2.05, 4.69) is 56.7 Å². The van der Waals surface area contributed by atoms with Crippen molar-refractivity contribution in [3.05, 3.63) is 102 Å². The van der Waals surface area contributed by atoms with Gasteiger partial charge in [-0.2, -0.15) is 0 Å². The summed E-state index contributed by atoms with van der Waals surface area (Å²) in [5.74, 6) is -2.97. The Morgan fingerprint density at radius 1 is 0.820 bits per heavy atom. The summed E-state index contributed by atoms with van der Waals surface area (Å²) in [4.78, 5) is 82.4. The summed E-state index contributed by atoms with van der Waals surface area (Å²) in [7, 11) is 3.20. The van der Waals surface area contributed by atoms with Gasteiger partial charge in [-0.1, -0.05) is 67.6 Å². The van der Waals surface area contributed by atoms with Crippen molar-refractivity contribution in [2.75, 3.05) is 27.2 Å². The number of benzene rings is 3. The minimum absolute atomic E-state index is 0.00272. The Morgan fingerprint density at radius 3 is 2.07 bits per heavy atom. The molecule has 0 aliphatic carbocycles. The van der Waals surface area contributed by atoms with E-state index in [0.29, 0.717) is 37.7 Å². The number of para-hydroxylation sites is 1. The Bertz CT molecular complexity index is 2010. The lowest BCUT2D eigenvalue weighted by atomic mass is 10.0. The van der Waals surface area contributed by atoms with E-state index in [1.165, 1.54) is 47.5 Å². The van der Waals surface area contributed by atoms with Gasteiger partial charge in [0.1, 0.15) is 36.2 Å². The van der Waals surface area contributed by atoms with Crippen molar-refractivity contribution < 1.29 is 39.0 Å². The van der Waals surface area contributed by atoms with E-state index < -0.39 is 66.5 Å². The van der Waals surface area contributed by atoms with Gasteiger partial charge in [0, 0.05) is 30.6 Å². The molecule has 1 heterocycles. The van der Waals surface area contributed by atoms with E-state index in [4.69, 9.17) is 5.73 Å². The van der Waals surface area contributed by atoms with Crippen molar-refractivity contribution in [1.82, 2.24) is 36.5 Å². The van der Waals surface area contributed by atoms with Crippen LogP contribution >= 0.6 is 0 Å². The third kappa shape index (κ3) is 15.8. The molecule has 10 N–H and O–H groups in total. The van der Waals surface area contributed by atoms with Crippen LogP contribution in [0.1, 0.15) is 56.2 Å². The first-order valence-corrected chi connectivity index (χ1v) is 20.5. The van der Waals surface area contributed by atoms with Crippen molar-refractivity contribution in [2.24, 2.45) is 5.73 Å². The molecule has 0 spiro atoms. The van der Waals surface area contributed by atoms with Crippen LogP contribution in [0.4, 0.5) is 0 Å². The zero-order valence-electron chi connectivity index (χ0n) is 35.6. The number of aldehydes is 1. The fourth-order valence-corrected chi connectivity index (χ4v) is 6.59. The molecule has 0 fully saturated rings. The van der Waals surface area contributed by atoms with Gasteiger partial charge in [-0.05, 0) is 94.4 Å². The predicted octanol–water partition coefficient (Wildman–Crippen LogP) is 1.76. The summed E-state index contributed by atoms with van der Waals surface area (Å²) >= 11 is 0. The molecule has 0 radical (unpaired) electrons. The first-order chi connectivity index (χ1) is 29.2. The summed E-state index contributed by atoms with van der Waals surface area (Å²) in [5, 5.41) is 34.0. The number of carbonyl (C=O) groups is 6.